The summed E-state index contributed by atoms with van der Waals surface area (Å²) in [5.74, 6) is -0.330. The predicted octanol–water partition coefficient (Wildman–Crippen LogP) is 3.32. The van der Waals surface area contributed by atoms with Crippen LogP contribution in [0.5, 0.6) is 0 Å². The highest BCUT2D eigenvalue weighted by Gasteiger charge is 2.27. The second kappa shape index (κ2) is 9.26. The van der Waals surface area contributed by atoms with Gasteiger partial charge in [0.1, 0.15) is 0 Å². The summed E-state index contributed by atoms with van der Waals surface area (Å²) >= 11 is 0. The molecule has 7 nitrogen and oxygen atoms in total. The number of nitrogens with one attached hydrogen (secondary N) is 2. The fourth-order valence-electron chi connectivity index (χ4n) is 3.69. The molecule has 0 bridgehead atoms. The zero-order chi connectivity index (χ0) is 22.7. The lowest BCUT2D eigenvalue weighted by Crippen LogP contribution is -2.28. The topological polar surface area (TPSA) is 95.6 Å². The van der Waals surface area contributed by atoms with Crippen molar-refractivity contribution in [2.45, 2.75) is 43.5 Å². The monoisotopic (exact) mass is 453 g/mol. The highest BCUT2D eigenvalue weighted by atomic mass is 32.2. The van der Waals surface area contributed by atoms with Crippen molar-refractivity contribution in [3.8, 4) is 0 Å². The van der Waals surface area contributed by atoms with Crippen molar-refractivity contribution in [1.29, 1.82) is 0 Å². The molecule has 0 unspecified atom stereocenters. The number of hydrogen-bond acceptors (Lipinski definition) is 4. The van der Waals surface area contributed by atoms with Crippen LogP contribution in [0.2, 0.25) is 0 Å². The fraction of sp³-hybridized carbons (Fsp3) is 0.333. The van der Waals surface area contributed by atoms with Gasteiger partial charge in [0, 0.05) is 36.5 Å². The molecule has 1 saturated heterocycles. The van der Waals surface area contributed by atoms with E-state index in [0.717, 1.165) is 44.3 Å². The van der Waals surface area contributed by atoms with E-state index < -0.39 is 10.0 Å². The summed E-state index contributed by atoms with van der Waals surface area (Å²) in [7, 11) is -3.49. The zero-order valence-corrected chi connectivity index (χ0v) is 18.8. The zero-order valence-electron chi connectivity index (χ0n) is 18.0. The molecule has 0 atom stereocenters. The van der Waals surface area contributed by atoms with Gasteiger partial charge in [-0.15, -0.1) is 0 Å². The van der Waals surface area contributed by atoms with E-state index in [1.807, 2.05) is 11.8 Å². The SMILES string of the molecule is Cc1c(NC(=O)/C=C/c2ccc(S(=O)(=O)NC3CC3)cc2)cccc1C(=O)N1CCCC1. The molecular weight excluding hydrogens is 426 g/mol. The first kappa shape index (κ1) is 22.2. The van der Waals surface area contributed by atoms with Gasteiger partial charge >= 0.3 is 0 Å². The van der Waals surface area contributed by atoms with Crippen LogP contribution in [-0.2, 0) is 14.8 Å². The Morgan fingerprint density at radius 3 is 2.38 bits per heavy atom. The van der Waals surface area contributed by atoms with E-state index >= 15 is 0 Å². The standard InChI is InChI=1S/C24H27N3O4S/c1-17-21(24(29)27-15-2-3-16-27)5-4-6-22(17)25-23(28)14-9-18-7-12-20(13-8-18)32(30,31)26-19-10-11-19/h4-9,12-14,19,26H,2-3,10-11,15-16H2,1H3,(H,25,28)/b14-9+. The Labute approximate surface area is 188 Å². The molecule has 1 saturated carbocycles. The van der Waals surface area contributed by atoms with Gasteiger partial charge in [-0.2, -0.15) is 0 Å². The lowest BCUT2D eigenvalue weighted by Gasteiger charge is -2.18. The average molecular weight is 454 g/mol. The van der Waals surface area contributed by atoms with Crippen LogP contribution in [0.25, 0.3) is 6.08 Å². The number of benzene rings is 2. The molecule has 2 N–H and O–H groups in total. The van der Waals surface area contributed by atoms with Crippen molar-refractivity contribution in [1.82, 2.24) is 9.62 Å². The van der Waals surface area contributed by atoms with E-state index in [0.29, 0.717) is 16.8 Å². The molecule has 4 rings (SSSR count). The Balaban J connectivity index is 1.40. The van der Waals surface area contributed by atoms with E-state index in [-0.39, 0.29) is 22.8 Å². The van der Waals surface area contributed by atoms with Crippen LogP contribution in [0, 0.1) is 6.92 Å². The molecule has 0 radical (unpaired) electrons. The summed E-state index contributed by atoms with van der Waals surface area (Å²) in [5, 5.41) is 2.83. The molecule has 1 aliphatic carbocycles. The Morgan fingerprint density at radius 1 is 1.03 bits per heavy atom. The van der Waals surface area contributed by atoms with Gasteiger partial charge in [-0.25, -0.2) is 13.1 Å². The third-order valence-electron chi connectivity index (χ3n) is 5.73. The second-order valence-electron chi connectivity index (χ2n) is 8.26. The Hall–Kier alpha value is -2.97. The summed E-state index contributed by atoms with van der Waals surface area (Å²) in [5.41, 5.74) is 2.65. The van der Waals surface area contributed by atoms with Crippen LogP contribution in [0.1, 0.15) is 47.2 Å². The largest absolute Gasteiger partial charge is 0.339 e. The van der Waals surface area contributed by atoms with Gasteiger partial charge in [0.15, 0.2) is 0 Å². The van der Waals surface area contributed by atoms with Gasteiger partial charge in [-0.1, -0.05) is 18.2 Å². The van der Waals surface area contributed by atoms with E-state index in [4.69, 9.17) is 0 Å². The molecule has 0 spiro atoms. The summed E-state index contributed by atoms with van der Waals surface area (Å²) in [6, 6.07) is 11.8. The van der Waals surface area contributed by atoms with Crippen molar-refractivity contribution in [3.05, 3.63) is 65.2 Å². The molecule has 2 aliphatic rings. The first-order chi connectivity index (χ1) is 15.3. The summed E-state index contributed by atoms with van der Waals surface area (Å²) in [6.45, 7) is 3.38. The van der Waals surface area contributed by atoms with Gasteiger partial charge in [-0.3, -0.25) is 9.59 Å². The average Bonchev–Trinajstić information content (AvgIpc) is 3.40. The highest BCUT2D eigenvalue weighted by molar-refractivity contribution is 7.89. The van der Waals surface area contributed by atoms with Gasteiger partial charge in [-0.05, 0) is 74.1 Å². The van der Waals surface area contributed by atoms with E-state index in [1.54, 1.807) is 36.4 Å². The number of nitrogens with zero attached hydrogens (tertiary/aromatic N) is 1. The lowest BCUT2D eigenvalue weighted by molar-refractivity contribution is -0.111. The molecule has 2 aromatic carbocycles. The Bertz CT molecular complexity index is 1150. The molecule has 32 heavy (non-hydrogen) atoms. The number of carbonyl (C=O) groups excluding carboxylic acids is 2. The van der Waals surface area contributed by atoms with Crippen LogP contribution >= 0.6 is 0 Å². The van der Waals surface area contributed by atoms with E-state index in [9.17, 15) is 18.0 Å². The second-order valence-corrected chi connectivity index (χ2v) is 9.98. The van der Waals surface area contributed by atoms with Crippen LogP contribution in [-0.4, -0.2) is 44.3 Å². The lowest BCUT2D eigenvalue weighted by atomic mass is 10.1. The number of likely N-dealkylation sites (tertiary alicyclic amines) is 1. The first-order valence-corrected chi connectivity index (χ1v) is 12.3. The maximum atomic E-state index is 12.7. The minimum absolute atomic E-state index is 0.00198. The van der Waals surface area contributed by atoms with E-state index in [2.05, 4.69) is 10.0 Å². The highest BCUT2D eigenvalue weighted by Crippen LogP contribution is 2.23. The maximum absolute atomic E-state index is 12.7. The van der Waals surface area contributed by atoms with Crippen LogP contribution in [0.15, 0.2) is 53.4 Å². The molecule has 2 amide bonds. The molecule has 2 fully saturated rings. The quantitative estimate of drug-likeness (QED) is 0.629. The first-order valence-electron chi connectivity index (χ1n) is 10.8. The Morgan fingerprint density at radius 2 is 1.72 bits per heavy atom. The summed E-state index contributed by atoms with van der Waals surface area (Å²) < 4.78 is 27.1. The molecular formula is C24H27N3O4S. The van der Waals surface area contributed by atoms with Gasteiger partial charge in [0.25, 0.3) is 5.91 Å². The molecule has 1 heterocycles. The molecule has 1 aliphatic heterocycles. The van der Waals surface area contributed by atoms with Gasteiger partial charge < -0.3 is 10.2 Å². The van der Waals surface area contributed by atoms with Crippen molar-refractivity contribution in [3.63, 3.8) is 0 Å². The summed E-state index contributed by atoms with van der Waals surface area (Å²) in [4.78, 5) is 27.2. The predicted molar refractivity (Wildman–Crippen MR) is 124 cm³/mol. The number of rotatable bonds is 7. The molecule has 168 valence electrons. The molecule has 2 aromatic rings. The summed E-state index contributed by atoms with van der Waals surface area (Å²) in [6.07, 6.45) is 6.81. The van der Waals surface area contributed by atoms with Gasteiger partial charge in [0.2, 0.25) is 15.9 Å². The minimum atomic E-state index is -3.49. The van der Waals surface area contributed by atoms with Crippen molar-refractivity contribution >= 4 is 33.6 Å². The number of sulfonamides is 1. The fourth-order valence-corrected chi connectivity index (χ4v) is 4.99. The van der Waals surface area contributed by atoms with Crippen molar-refractivity contribution < 1.29 is 18.0 Å². The normalized spacial score (nSPS) is 16.5. The third-order valence-corrected chi connectivity index (χ3v) is 7.27. The van der Waals surface area contributed by atoms with Crippen molar-refractivity contribution in [2.75, 3.05) is 18.4 Å². The van der Waals surface area contributed by atoms with Crippen LogP contribution in [0.4, 0.5) is 5.69 Å². The van der Waals surface area contributed by atoms with Gasteiger partial charge in [0.05, 0.1) is 4.90 Å². The smallest absolute Gasteiger partial charge is 0.254 e. The number of carbonyl (C=O) groups is 2. The number of amides is 2. The van der Waals surface area contributed by atoms with E-state index in [1.165, 1.54) is 18.2 Å². The van der Waals surface area contributed by atoms with Crippen LogP contribution in [0.3, 0.4) is 0 Å². The number of hydrogen-bond donors (Lipinski definition) is 2. The minimum Gasteiger partial charge on any atom is -0.339 e. The van der Waals surface area contributed by atoms with Crippen LogP contribution < -0.4 is 10.0 Å². The number of anilines is 1. The maximum Gasteiger partial charge on any atom is 0.254 e. The molecule has 0 aromatic heterocycles. The Kier molecular flexibility index (Phi) is 6.43. The third kappa shape index (κ3) is 5.26. The molecule has 8 heteroatoms. The van der Waals surface area contributed by atoms with Crippen molar-refractivity contribution in [2.24, 2.45) is 0 Å².